The number of amides is 1. The van der Waals surface area contributed by atoms with E-state index in [0.717, 1.165) is 16.2 Å². The summed E-state index contributed by atoms with van der Waals surface area (Å²) in [5.74, 6) is 0.520. The van der Waals surface area contributed by atoms with Gasteiger partial charge in [0.05, 0.1) is 5.69 Å². The van der Waals surface area contributed by atoms with Gasteiger partial charge in [-0.05, 0) is 54.3 Å². The van der Waals surface area contributed by atoms with Crippen LogP contribution in [0.25, 0.3) is 11.3 Å². The summed E-state index contributed by atoms with van der Waals surface area (Å²) >= 11 is 3.07. The molecule has 0 aliphatic carbocycles. The molecule has 0 atom stereocenters. The monoisotopic (exact) mass is 358 g/mol. The Kier molecular flexibility index (Phi) is 5.27. The second-order valence-corrected chi connectivity index (χ2v) is 7.15. The zero-order valence-corrected chi connectivity index (χ0v) is 14.6. The van der Waals surface area contributed by atoms with Crippen LogP contribution in [-0.2, 0) is 0 Å². The second kappa shape index (κ2) is 7.59. The Labute approximate surface area is 148 Å². The number of nitrogens with one attached hydrogen (secondary N) is 1. The summed E-state index contributed by atoms with van der Waals surface area (Å²) in [6.07, 6.45) is 0. The molecule has 0 radical (unpaired) electrons. The van der Waals surface area contributed by atoms with Crippen molar-refractivity contribution < 1.29 is 9.18 Å². The quantitative estimate of drug-likeness (QED) is 0.628. The molecule has 0 saturated carbocycles. The number of halogens is 1. The van der Waals surface area contributed by atoms with Gasteiger partial charge in [0.2, 0.25) is 0 Å². The molecule has 3 rings (SSSR count). The van der Waals surface area contributed by atoms with Crippen LogP contribution < -0.4 is 5.32 Å². The molecule has 0 fully saturated rings. The smallest absolute Gasteiger partial charge is 0.257 e. The molecule has 0 saturated heterocycles. The first-order valence-corrected chi connectivity index (χ1v) is 9.28. The van der Waals surface area contributed by atoms with Crippen LogP contribution in [0.4, 0.5) is 9.52 Å². The summed E-state index contributed by atoms with van der Waals surface area (Å²) < 4.78 is 13.0. The number of thioether (sulfide) groups is 1. The van der Waals surface area contributed by atoms with Crippen LogP contribution >= 0.6 is 23.1 Å². The molecule has 0 aliphatic heterocycles. The normalized spacial score (nSPS) is 10.6. The maximum Gasteiger partial charge on any atom is 0.257 e. The molecule has 6 heteroatoms. The van der Waals surface area contributed by atoms with Crippen LogP contribution in [0.2, 0.25) is 0 Å². The third-order valence-corrected chi connectivity index (χ3v) is 4.94. The van der Waals surface area contributed by atoms with Crippen molar-refractivity contribution in [3.63, 3.8) is 0 Å². The fourth-order valence-corrected chi connectivity index (χ4v) is 3.50. The van der Waals surface area contributed by atoms with E-state index in [2.05, 4.69) is 17.2 Å². The average Bonchev–Trinajstić information content (AvgIpc) is 3.05. The molecule has 3 aromatic rings. The molecule has 1 aromatic heterocycles. The first-order valence-electron chi connectivity index (χ1n) is 7.41. The zero-order chi connectivity index (χ0) is 16.9. The first kappa shape index (κ1) is 16.7. The number of nitrogens with zero attached hydrogens (tertiary/aromatic N) is 1. The lowest BCUT2D eigenvalue weighted by Gasteiger charge is -2.03. The second-order valence-electron chi connectivity index (χ2n) is 4.96. The summed E-state index contributed by atoms with van der Waals surface area (Å²) in [6.45, 7) is 2.09. The molecule has 0 spiro atoms. The van der Waals surface area contributed by atoms with Gasteiger partial charge in [-0.15, -0.1) is 23.1 Å². The van der Waals surface area contributed by atoms with Crippen molar-refractivity contribution in [1.82, 2.24) is 4.98 Å². The predicted molar refractivity (Wildman–Crippen MR) is 98.3 cm³/mol. The number of thiazole rings is 1. The summed E-state index contributed by atoms with van der Waals surface area (Å²) in [7, 11) is 0. The molecule has 0 unspecified atom stereocenters. The van der Waals surface area contributed by atoms with Crippen molar-refractivity contribution in [3.05, 3.63) is 65.3 Å². The first-order chi connectivity index (χ1) is 11.7. The topological polar surface area (TPSA) is 42.0 Å². The standard InChI is InChI=1S/C18H15FN2OS2/c1-2-23-15-9-5-13(6-10-15)17(22)21-18-20-16(11-24-18)12-3-7-14(19)8-4-12/h3-11H,2H2,1H3,(H,20,21,22). The molecule has 1 N–H and O–H groups in total. The summed E-state index contributed by atoms with van der Waals surface area (Å²) in [5, 5.41) is 5.16. The van der Waals surface area contributed by atoms with Gasteiger partial charge in [0.25, 0.3) is 5.91 Å². The number of carbonyl (C=O) groups is 1. The lowest BCUT2D eigenvalue weighted by Crippen LogP contribution is -2.11. The Balaban J connectivity index is 1.69. The fourth-order valence-electron chi connectivity index (χ4n) is 2.12. The van der Waals surface area contributed by atoms with Crippen molar-refractivity contribution in [2.75, 3.05) is 11.1 Å². The average molecular weight is 358 g/mol. The Morgan fingerprint density at radius 3 is 2.54 bits per heavy atom. The predicted octanol–water partition coefficient (Wildman–Crippen LogP) is 5.31. The Morgan fingerprint density at radius 2 is 1.88 bits per heavy atom. The highest BCUT2D eigenvalue weighted by molar-refractivity contribution is 7.99. The van der Waals surface area contributed by atoms with Crippen LogP contribution in [0.15, 0.2) is 58.8 Å². The van der Waals surface area contributed by atoms with Gasteiger partial charge in [-0.1, -0.05) is 6.92 Å². The van der Waals surface area contributed by atoms with Crippen molar-refractivity contribution in [2.24, 2.45) is 0 Å². The van der Waals surface area contributed by atoms with Crippen molar-refractivity contribution in [3.8, 4) is 11.3 Å². The van der Waals surface area contributed by atoms with Gasteiger partial charge >= 0.3 is 0 Å². The minimum absolute atomic E-state index is 0.192. The van der Waals surface area contributed by atoms with E-state index in [1.165, 1.54) is 23.5 Å². The molecule has 24 heavy (non-hydrogen) atoms. The highest BCUT2D eigenvalue weighted by Crippen LogP contribution is 2.25. The van der Waals surface area contributed by atoms with Gasteiger partial charge in [0.1, 0.15) is 5.82 Å². The lowest BCUT2D eigenvalue weighted by atomic mass is 10.2. The van der Waals surface area contributed by atoms with Gasteiger partial charge in [-0.2, -0.15) is 0 Å². The molecule has 0 bridgehead atoms. The van der Waals surface area contributed by atoms with Crippen LogP contribution in [0, 0.1) is 5.82 Å². The number of rotatable bonds is 5. The van der Waals surface area contributed by atoms with Gasteiger partial charge in [0.15, 0.2) is 5.13 Å². The Morgan fingerprint density at radius 1 is 1.17 bits per heavy atom. The lowest BCUT2D eigenvalue weighted by molar-refractivity contribution is 0.102. The Bertz CT molecular complexity index is 829. The molecular formula is C18H15FN2OS2. The van der Waals surface area contributed by atoms with E-state index < -0.39 is 0 Å². The third kappa shape index (κ3) is 4.01. The van der Waals surface area contributed by atoms with E-state index >= 15 is 0 Å². The molecule has 122 valence electrons. The van der Waals surface area contributed by atoms with Gasteiger partial charge in [-0.3, -0.25) is 10.1 Å². The van der Waals surface area contributed by atoms with E-state index in [1.807, 2.05) is 29.6 Å². The number of aromatic nitrogens is 1. The largest absolute Gasteiger partial charge is 0.298 e. The highest BCUT2D eigenvalue weighted by Gasteiger charge is 2.10. The maximum atomic E-state index is 13.0. The van der Waals surface area contributed by atoms with Crippen LogP contribution in [0.3, 0.4) is 0 Å². The van der Waals surface area contributed by atoms with Crippen LogP contribution in [0.1, 0.15) is 17.3 Å². The maximum absolute atomic E-state index is 13.0. The minimum atomic E-state index is -0.285. The third-order valence-electron chi connectivity index (χ3n) is 3.29. The summed E-state index contributed by atoms with van der Waals surface area (Å²) in [4.78, 5) is 17.8. The SMILES string of the molecule is CCSc1ccc(C(=O)Nc2nc(-c3ccc(F)cc3)cs2)cc1. The minimum Gasteiger partial charge on any atom is -0.298 e. The van der Waals surface area contributed by atoms with E-state index in [1.54, 1.807) is 23.9 Å². The number of benzene rings is 2. The molecule has 2 aromatic carbocycles. The molecule has 3 nitrogen and oxygen atoms in total. The molecular weight excluding hydrogens is 343 g/mol. The van der Waals surface area contributed by atoms with E-state index in [9.17, 15) is 9.18 Å². The number of hydrogen-bond donors (Lipinski definition) is 1. The highest BCUT2D eigenvalue weighted by atomic mass is 32.2. The van der Waals surface area contributed by atoms with Crippen LogP contribution in [0.5, 0.6) is 0 Å². The summed E-state index contributed by atoms with van der Waals surface area (Å²) in [6, 6.07) is 13.6. The van der Waals surface area contributed by atoms with Crippen molar-refractivity contribution in [2.45, 2.75) is 11.8 Å². The van der Waals surface area contributed by atoms with Gasteiger partial charge in [-0.25, -0.2) is 9.37 Å². The number of hydrogen-bond acceptors (Lipinski definition) is 4. The molecule has 1 heterocycles. The van der Waals surface area contributed by atoms with E-state index in [4.69, 9.17) is 0 Å². The van der Waals surface area contributed by atoms with Crippen molar-refractivity contribution in [1.29, 1.82) is 0 Å². The zero-order valence-electron chi connectivity index (χ0n) is 13.0. The van der Waals surface area contributed by atoms with Crippen LogP contribution in [-0.4, -0.2) is 16.6 Å². The Hall–Kier alpha value is -2.18. The molecule has 0 aliphatic rings. The van der Waals surface area contributed by atoms with Crippen molar-refractivity contribution >= 4 is 34.1 Å². The fraction of sp³-hybridized carbons (Fsp3) is 0.111. The summed E-state index contributed by atoms with van der Waals surface area (Å²) in [5.41, 5.74) is 2.12. The van der Waals surface area contributed by atoms with E-state index in [-0.39, 0.29) is 11.7 Å². The van der Waals surface area contributed by atoms with E-state index in [0.29, 0.717) is 16.4 Å². The van der Waals surface area contributed by atoms with Gasteiger partial charge < -0.3 is 0 Å². The number of carbonyl (C=O) groups excluding carboxylic acids is 1. The molecule has 1 amide bonds. The number of anilines is 1. The van der Waals surface area contributed by atoms with Gasteiger partial charge in [0, 0.05) is 21.4 Å².